The largest absolute Gasteiger partial charge is 0.496 e. The standard InChI is InChI=1S/C28H33N3O5/c1-33-26-7-4-3-6-22(26)20-35-16-5-17-36-24-10-8-23(9-11-24)31-25(18-30-19-27(31)32)28(34-2)21-12-14-29-15-13-21/h3-4,6-15,25,28,30H,5,16-20H2,1-2H3/t25-,28?/m1/s1. The maximum atomic E-state index is 12.9. The number of piperazine rings is 1. The molecule has 3 aromatic rings. The Morgan fingerprint density at radius 2 is 1.81 bits per heavy atom. The number of nitrogens with zero attached hydrogens (tertiary/aromatic N) is 2. The van der Waals surface area contributed by atoms with Gasteiger partial charge in [-0.05, 0) is 48.0 Å². The Morgan fingerprint density at radius 3 is 2.56 bits per heavy atom. The Hall–Kier alpha value is -3.46. The molecule has 0 bridgehead atoms. The zero-order valence-corrected chi connectivity index (χ0v) is 20.8. The molecule has 0 radical (unpaired) electrons. The van der Waals surface area contributed by atoms with E-state index in [0.29, 0.717) is 26.4 Å². The topological polar surface area (TPSA) is 82.2 Å². The molecule has 1 amide bonds. The molecule has 2 atom stereocenters. The van der Waals surface area contributed by atoms with E-state index in [4.69, 9.17) is 18.9 Å². The lowest BCUT2D eigenvalue weighted by Crippen LogP contribution is -2.57. The number of para-hydroxylation sites is 1. The van der Waals surface area contributed by atoms with Crippen LogP contribution in [0.15, 0.2) is 73.1 Å². The molecule has 0 aliphatic carbocycles. The first-order chi connectivity index (χ1) is 17.7. The molecule has 1 saturated heterocycles. The molecule has 0 saturated carbocycles. The van der Waals surface area contributed by atoms with Gasteiger partial charge in [-0.1, -0.05) is 18.2 Å². The van der Waals surface area contributed by atoms with E-state index >= 15 is 0 Å². The van der Waals surface area contributed by atoms with Crippen LogP contribution in [0.4, 0.5) is 5.69 Å². The third kappa shape index (κ3) is 6.40. The smallest absolute Gasteiger partial charge is 0.241 e. The number of carbonyl (C=O) groups is 1. The monoisotopic (exact) mass is 491 g/mol. The predicted molar refractivity (Wildman–Crippen MR) is 137 cm³/mol. The molecule has 1 unspecified atom stereocenters. The summed E-state index contributed by atoms with van der Waals surface area (Å²) in [6.45, 7) is 2.53. The second-order valence-electron chi connectivity index (χ2n) is 8.46. The highest BCUT2D eigenvalue weighted by atomic mass is 16.5. The van der Waals surface area contributed by atoms with Crippen LogP contribution in [0, 0.1) is 0 Å². The number of methoxy groups -OCH3 is 2. The summed E-state index contributed by atoms with van der Waals surface area (Å²) in [6.07, 6.45) is 3.95. The normalized spacial score (nSPS) is 16.6. The van der Waals surface area contributed by atoms with Crippen LogP contribution in [0.25, 0.3) is 0 Å². The van der Waals surface area contributed by atoms with Crippen molar-refractivity contribution in [1.82, 2.24) is 10.3 Å². The Morgan fingerprint density at radius 1 is 1.03 bits per heavy atom. The van der Waals surface area contributed by atoms with Crippen molar-refractivity contribution < 1.29 is 23.7 Å². The van der Waals surface area contributed by atoms with Crippen LogP contribution in [0.1, 0.15) is 23.7 Å². The van der Waals surface area contributed by atoms with Gasteiger partial charge in [-0.3, -0.25) is 9.78 Å². The number of nitrogens with one attached hydrogen (secondary N) is 1. The molecular weight excluding hydrogens is 458 g/mol. The molecule has 2 heterocycles. The molecule has 36 heavy (non-hydrogen) atoms. The van der Waals surface area contributed by atoms with Crippen molar-refractivity contribution in [3.63, 3.8) is 0 Å². The molecule has 4 rings (SSSR count). The predicted octanol–water partition coefficient (Wildman–Crippen LogP) is 3.77. The summed E-state index contributed by atoms with van der Waals surface area (Å²) < 4.78 is 22.8. The van der Waals surface area contributed by atoms with Gasteiger partial charge < -0.3 is 29.2 Å². The number of amides is 1. The fourth-order valence-electron chi connectivity index (χ4n) is 4.39. The molecule has 190 valence electrons. The molecule has 1 N–H and O–H groups in total. The highest BCUT2D eigenvalue weighted by molar-refractivity contribution is 5.96. The molecular formula is C28H33N3O5. The highest BCUT2D eigenvalue weighted by Gasteiger charge is 2.36. The highest BCUT2D eigenvalue weighted by Crippen LogP contribution is 2.30. The van der Waals surface area contributed by atoms with Gasteiger partial charge in [-0.15, -0.1) is 0 Å². The number of rotatable bonds is 12. The minimum atomic E-state index is -0.281. The minimum absolute atomic E-state index is 0.00298. The number of pyridine rings is 1. The first kappa shape index (κ1) is 25.6. The second kappa shape index (κ2) is 13.0. The Balaban J connectivity index is 1.30. The van der Waals surface area contributed by atoms with Gasteiger partial charge in [-0.25, -0.2) is 0 Å². The molecule has 1 aromatic heterocycles. The molecule has 0 spiro atoms. The number of anilines is 1. The number of hydrogen-bond acceptors (Lipinski definition) is 7. The van der Waals surface area contributed by atoms with Gasteiger partial charge in [0.15, 0.2) is 0 Å². The Labute approximate surface area is 212 Å². The molecule has 8 nitrogen and oxygen atoms in total. The fraction of sp³-hybridized carbons (Fsp3) is 0.357. The maximum absolute atomic E-state index is 12.9. The van der Waals surface area contributed by atoms with Crippen molar-refractivity contribution >= 4 is 11.6 Å². The van der Waals surface area contributed by atoms with E-state index in [2.05, 4.69) is 10.3 Å². The van der Waals surface area contributed by atoms with E-state index in [1.54, 1.807) is 26.6 Å². The lowest BCUT2D eigenvalue weighted by Gasteiger charge is -2.40. The average Bonchev–Trinajstić information content (AvgIpc) is 2.92. The van der Waals surface area contributed by atoms with Crippen LogP contribution >= 0.6 is 0 Å². The lowest BCUT2D eigenvalue weighted by molar-refractivity contribution is -0.120. The van der Waals surface area contributed by atoms with Crippen molar-refractivity contribution in [3.8, 4) is 11.5 Å². The van der Waals surface area contributed by atoms with Crippen LogP contribution in [0.3, 0.4) is 0 Å². The number of aromatic nitrogens is 1. The van der Waals surface area contributed by atoms with Gasteiger partial charge in [0.05, 0.1) is 39.5 Å². The number of ether oxygens (including phenoxy) is 4. The van der Waals surface area contributed by atoms with E-state index < -0.39 is 0 Å². The SMILES string of the molecule is COc1ccccc1COCCCOc1ccc(N2C(=O)CNC[C@@H]2C(OC)c2ccncc2)cc1. The van der Waals surface area contributed by atoms with Crippen molar-refractivity contribution in [3.05, 3.63) is 84.2 Å². The van der Waals surface area contributed by atoms with E-state index in [0.717, 1.165) is 34.7 Å². The van der Waals surface area contributed by atoms with Crippen LogP contribution in [0.2, 0.25) is 0 Å². The summed E-state index contributed by atoms with van der Waals surface area (Å²) in [5.41, 5.74) is 2.82. The number of carbonyl (C=O) groups excluding carboxylic acids is 1. The summed E-state index contributed by atoms with van der Waals surface area (Å²) in [6, 6.07) is 19.1. The fourth-order valence-corrected chi connectivity index (χ4v) is 4.39. The molecule has 1 fully saturated rings. The van der Waals surface area contributed by atoms with Crippen molar-refractivity contribution in [2.45, 2.75) is 25.2 Å². The van der Waals surface area contributed by atoms with E-state index in [1.165, 1.54) is 0 Å². The molecule has 2 aromatic carbocycles. The Bertz CT molecular complexity index is 1090. The molecule has 1 aliphatic heterocycles. The zero-order chi connectivity index (χ0) is 25.2. The van der Waals surface area contributed by atoms with Gasteiger partial charge >= 0.3 is 0 Å². The quantitative estimate of drug-likeness (QED) is 0.386. The van der Waals surface area contributed by atoms with Crippen LogP contribution in [-0.2, 0) is 20.9 Å². The van der Waals surface area contributed by atoms with Gasteiger partial charge in [-0.2, -0.15) is 0 Å². The third-order valence-electron chi connectivity index (χ3n) is 6.13. The van der Waals surface area contributed by atoms with Crippen LogP contribution in [0.5, 0.6) is 11.5 Å². The van der Waals surface area contributed by atoms with E-state index in [9.17, 15) is 4.79 Å². The maximum Gasteiger partial charge on any atom is 0.241 e. The van der Waals surface area contributed by atoms with Crippen molar-refractivity contribution in [2.75, 3.05) is 45.4 Å². The van der Waals surface area contributed by atoms with Crippen LogP contribution < -0.4 is 19.7 Å². The summed E-state index contributed by atoms with van der Waals surface area (Å²) in [4.78, 5) is 18.8. The van der Waals surface area contributed by atoms with E-state index in [1.807, 2.05) is 65.6 Å². The Kier molecular flexibility index (Phi) is 9.27. The van der Waals surface area contributed by atoms with Gasteiger partial charge in [0.25, 0.3) is 0 Å². The number of benzene rings is 2. The molecule has 8 heteroatoms. The third-order valence-corrected chi connectivity index (χ3v) is 6.13. The van der Waals surface area contributed by atoms with E-state index in [-0.39, 0.29) is 24.6 Å². The van der Waals surface area contributed by atoms with Gasteiger partial charge in [0, 0.05) is 43.7 Å². The van der Waals surface area contributed by atoms with Crippen LogP contribution in [-0.4, -0.2) is 57.5 Å². The molecule has 1 aliphatic rings. The van der Waals surface area contributed by atoms with Crippen molar-refractivity contribution in [2.24, 2.45) is 0 Å². The number of hydrogen-bond donors (Lipinski definition) is 1. The summed E-state index contributed by atoms with van der Waals surface area (Å²) in [7, 11) is 3.33. The summed E-state index contributed by atoms with van der Waals surface area (Å²) in [5, 5.41) is 3.21. The zero-order valence-electron chi connectivity index (χ0n) is 20.8. The summed E-state index contributed by atoms with van der Waals surface area (Å²) in [5.74, 6) is 1.58. The first-order valence-electron chi connectivity index (χ1n) is 12.1. The van der Waals surface area contributed by atoms with Gasteiger partial charge in [0.1, 0.15) is 17.6 Å². The first-order valence-corrected chi connectivity index (χ1v) is 12.1. The minimum Gasteiger partial charge on any atom is -0.496 e. The average molecular weight is 492 g/mol. The summed E-state index contributed by atoms with van der Waals surface area (Å²) >= 11 is 0. The second-order valence-corrected chi connectivity index (χ2v) is 8.46. The van der Waals surface area contributed by atoms with Crippen molar-refractivity contribution in [1.29, 1.82) is 0 Å². The lowest BCUT2D eigenvalue weighted by atomic mass is 9.99. The van der Waals surface area contributed by atoms with Gasteiger partial charge in [0.2, 0.25) is 5.91 Å².